The molecule has 3 unspecified atom stereocenters. The molecule has 0 spiro atoms. The lowest BCUT2D eigenvalue weighted by Crippen LogP contribution is -2.39. The van der Waals surface area contributed by atoms with Gasteiger partial charge >= 0.3 is 0 Å². The van der Waals surface area contributed by atoms with E-state index in [-0.39, 0.29) is 22.9 Å². The SMILES string of the molecule is CC(CCCCCN=C=O)N=C=O.CC1(C)CC(N=C=O)CC(C)(CN=C=O)C1. The van der Waals surface area contributed by atoms with Crippen LogP contribution in [0.2, 0.25) is 0 Å². The topological polar surface area (TPSA) is 118 Å². The van der Waals surface area contributed by atoms with E-state index in [1.165, 1.54) is 12.2 Å². The number of isocyanates is 4. The van der Waals surface area contributed by atoms with Gasteiger partial charge in [0.25, 0.3) is 0 Å². The third kappa shape index (κ3) is 13.3. The predicted octanol–water partition coefficient (Wildman–Crippen LogP) is 3.85. The predicted molar refractivity (Wildman–Crippen MR) is 110 cm³/mol. The van der Waals surface area contributed by atoms with Gasteiger partial charge in [-0.1, -0.05) is 33.6 Å². The summed E-state index contributed by atoms with van der Waals surface area (Å²) in [5, 5.41) is 0. The zero-order valence-electron chi connectivity index (χ0n) is 17.9. The molecule has 0 heterocycles. The Labute approximate surface area is 172 Å². The molecule has 0 saturated heterocycles. The maximum atomic E-state index is 10.3. The lowest BCUT2D eigenvalue weighted by atomic mass is 9.63. The molecule has 1 saturated carbocycles. The fourth-order valence-electron chi connectivity index (χ4n) is 4.10. The highest BCUT2D eigenvalue weighted by Gasteiger charge is 2.41. The van der Waals surface area contributed by atoms with E-state index in [4.69, 9.17) is 0 Å². The number of hydrogen-bond acceptors (Lipinski definition) is 8. The van der Waals surface area contributed by atoms with Crippen molar-refractivity contribution in [1.29, 1.82) is 0 Å². The van der Waals surface area contributed by atoms with Gasteiger partial charge in [0, 0.05) is 0 Å². The van der Waals surface area contributed by atoms with Crippen molar-refractivity contribution in [1.82, 2.24) is 0 Å². The van der Waals surface area contributed by atoms with Gasteiger partial charge in [-0.25, -0.2) is 39.1 Å². The highest BCUT2D eigenvalue weighted by molar-refractivity contribution is 5.34. The van der Waals surface area contributed by atoms with Crippen molar-refractivity contribution >= 4 is 24.3 Å². The summed E-state index contributed by atoms with van der Waals surface area (Å²) < 4.78 is 0. The summed E-state index contributed by atoms with van der Waals surface area (Å²) in [6.45, 7) is 9.29. The quantitative estimate of drug-likeness (QED) is 0.312. The standard InChI is InChI=1S/C12H18N2O2.C9H14N2O2/c1-11(2)4-10(14-9-16)5-12(3,6-11)7-13-8-15;1-9(11-8-13)5-3-2-4-6-10-7-12/h10H,4-7H2,1-3H3;9H,2-6H2,1H3. The number of rotatable bonds is 10. The van der Waals surface area contributed by atoms with Crippen LogP contribution < -0.4 is 0 Å². The first-order valence-electron chi connectivity index (χ1n) is 9.93. The number of hydrogen-bond donors (Lipinski definition) is 0. The van der Waals surface area contributed by atoms with Crippen molar-refractivity contribution in [2.45, 2.75) is 84.7 Å². The normalized spacial score (nSPS) is 22.8. The van der Waals surface area contributed by atoms with E-state index in [0.717, 1.165) is 44.9 Å². The molecule has 0 aromatic carbocycles. The second-order valence-corrected chi connectivity index (χ2v) is 8.73. The highest BCUT2D eigenvalue weighted by Crippen LogP contribution is 2.47. The van der Waals surface area contributed by atoms with Gasteiger partial charge in [0.15, 0.2) is 0 Å². The van der Waals surface area contributed by atoms with Gasteiger partial charge in [0.2, 0.25) is 24.3 Å². The van der Waals surface area contributed by atoms with Crippen LogP contribution in [-0.4, -0.2) is 49.5 Å². The van der Waals surface area contributed by atoms with Crippen LogP contribution in [0.3, 0.4) is 0 Å². The molecule has 1 fully saturated rings. The summed E-state index contributed by atoms with van der Waals surface area (Å²) in [5.74, 6) is 0. The molecule has 0 N–H and O–H groups in total. The molecule has 8 heteroatoms. The van der Waals surface area contributed by atoms with Gasteiger partial charge in [-0.2, -0.15) is 0 Å². The molecule has 0 aromatic heterocycles. The van der Waals surface area contributed by atoms with E-state index in [1.54, 1.807) is 12.2 Å². The summed E-state index contributed by atoms with van der Waals surface area (Å²) in [6.07, 6.45) is 12.7. The molecular formula is C21H32N4O4. The second-order valence-electron chi connectivity index (χ2n) is 8.73. The molecule has 29 heavy (non-hydrogen) atoms. The molecule has 0 radical (unpaired) electrons. The number of unbranched alkanes of at least 4 members (excludes halogenated alkanes) is 2. The average Bonchev–Trinajstić information content (AvgIpc) is 2.62. The van der Waals surface area contributed by atoms with Crippen molar-refractivity contribution in [2.75, 3.05) is 13.1 Å². The maximum absolute atomic E-state index is 10.3. The molecular weight excluding hydrogens is 372 g/mol. The molecule has 3 atom stereocenters. The van der Waals surface area contributed by atoms with Gasteiger partial charge in [-0.15, -0.1) is 0 Å². The third-order valence-electron chi connectivity index (χ3n) is 4.91. The monoisotopic (exact) mass is 404 g/mol. The second kappa shape index (κ2) is 14.5. The first kappa shape index (κ1) is 26.5. The van der Waals surface area contributed by atoms with Crippen molar-refractivity contribution in [3.8, 4) is 0 Å². The fourth-order valence-corrected chi connectivity index (χ4v) is 4.10. The van der Waals surface area contributed by atoms with Gasteiger partial charge in [0.05, 0.1) is 25.2 Å². The zero-order chi connectivity index (χ0) is 22.2. The van der Waals surface area contributed by atoms with Crippen molar-refractivity contribution in [3.63, 3.8) is 0 Å². The van der Waals surface area contributed by atoms with Crippen LogP contribution in [0.25, 0.3) is 0 Å². The van der Waals surface area contributed by atoms with Crippen molar-refractivity contribution in [2.24, 2.45) is 30.8 Å². The Bertz CT molecular complexity index is 683. The van der Waals surface area contributed by atoms with Crippen LogP contribution in [-0.2, 0) is 19.2 Å². The van der Waals surface area contributed by atoms with Gasteiger partial charge in [-0.05, 0) is 49.9 Å². The number of nitrogens with zero attached hydrogens (tertiary/aromatic N) is 4. The average molecular weight is 405 g/mol. The number of carbonyl (C=O) groups excluding carboxylic acids is 4. The van der Waals surface area contributed by atoms with E-state index < -0.39 is 0 Å². The lowest BCUT2D eigenvalue weighted by molar-refractivity contribution is 0.0915. The molecule has 0 amide bonds. The van der Waals surface area contributed by atoms with E-state index >= 15 is 0 Å². The summed E-state index contributed by atoms with van der Waals surface area (Å²) in [4.78, 5) is 54.6. The molecule has 1 rings (SSSR count). The van der Waals surface area contributed by atoms with E-state index in [2.05, 4.69) is 40.7 Å². The molecule has 0 bridgehead atoms. The molecule has 0 aromatic rings. The maximum Gasteiger partial charge on any atom is 0.235 e. The summed E-state index contributed by atoms with van der Waals surface area (Å²) in [6, 6.07) is 0.0696. The largest absolute Gasteiger partial charge is 0.235 e. The van der Waals surface area contributed by atoms with E-state index in [1.807, 2.05) is 6.92 Å². The smallest absolute Gasteiger partial charge is 0.211 e. The Morgan fingerprint density at radius 3 is 2.17 bits per heavy atom. The van der Waals surface area contributed by atoms with Crippen LogP contribution >= 0.6 is 0 Å². The van der Waals surface area contributed by atoms with Crippen molar-refractivity contribution < 1.29 is 19.2 Å². The fraction of sp³-hybridized carbons (Fsp3) is 0.810. The van der Waals surface area contributed by atoms with E-state index in [9.17, 15) is 19.2 Å². The summed E-state index contributed by atoms with van der Waals surface area (Å²) >= 11 is 0. The summed E-state index contributed by atoms with van der Waals surface area (Å²) in [5.41, 5.74) is 0.0561. The molecule has 8 nitrogen and oxygen atoms in total. The van der Waals surface area contributed by atoms with Gasteiger partial charge < -0.3 is 0 Å². The molecule has 1 aliphatic carbocycles. The molecule has 0 aliphatic heterocycles. The first-order valence-corrected chi connectivity index (χ1v) is 9.93. The van der Waals surface area contributed by atoms with Gasteiger partial charge in [-0.3, -0.25) is 0 Å². The minimum atomic E-state index is -0.0653. The van der Waals surface area contributed by atoms with Crippen molar-refractivity contribution in [3.05, 3.63) is 0 Å². The third-order valence-corrected chi connectivity index (χ3v) is 4.91. The van der Waals surface area contributed by atoms with Crippen LogP contribution in [0.4, 0.5) is 0 Å². The molecule has 160 valence electrons. The number of aliphatic imine (C=N–C) groups is 4. The minimum absolute atomic E-state index is 0.00750. The lowest BCUT2D eigenvalue weighted by Gasteiger charge is -2.44. The van der Waals surface area contributed by atoms with Crippen LogP contribution in [0, 0.1) is 10.8 Å². The molecule has 1 aliphatic rings. The minimum Gasteiger partial charge on any atom is -0.211 e. The summed E-state index contributed by atoms with van der Waals surface area (Å²) in [7, 11) is 0. The van der Waals surface area contributed by atoms with Crippen LogP contribution in [0.5, 0.6) is 0 Å². The van der Waals surface area contributed by atoms with Crippen LogP contribution in [0.1, 0.15) is 72.6 Å². The highest BCUT2D eigenvalue weighted by atomic mass is 16.1. The Hall–Kier alpha value is -2.48. The first-order chi connectivity index (χ1) is 13.7. The Morgan fingerprint density at radius 1 is 0.897 bits per heavy atom. The Balaban J connectivity index is 0.000000555. The Morgan fingerprint density at radius 2 is 1.59 bits per heavy atom. The van der Waals surface area contributed by atoms with Crippen LogP contribution in [0.15, 0.2) is 20.0 Å². The zero-order valence-corrected chi connectivity index (χ0v) is 17.9. The van der Waals surface area contributed by atoms with Gasteiger partial charge in [0.1, 0.15) is 0 Å². The van der Waals surface area contributed by atoms with E-state index in [0.29, 0.717) is 13.1 Å². The Kier molecular flexibility index (Phi) is 13.3.